The minimum absolute atomic E-state index is 0.0761. The largest absolute Gasteiger partial charge is 0.493 e. The van der Waals surface area contributed by atoms with Crippen molar-refractivity contribution in [3.05, 3.63) is 44.4 Å². The van der Waals surface area contributed by atoms with Gasteiger partial charge in [-0.3, -0.25) is 14.8 Å². The molecule has 18 heavy (non-hydrogen) atoms. The van der Waals surface area contributed by atoms with Gasteiger partial charge in [-0.2, -0.15) is 0 Å². The van der Waals surface area contributed by atoms with Crippen LogP contribution >= 0.6 is 11.3 Å². The molecule has 2 N–H and O–H groups in total. The molecule has 3 rings (SSSR count). The number of aromatic amines is 1. The van der Waals surface area contributed by atoms with Crippen molar-refractivity contribution in [2.24, 2.45) is 4.99 Å². The molecule has 1 aliphatic rings. The Morgan fingerprint density at radius 1 is 1.39 bits per heavy atom. The van der Waals surface area contributed by atoms with Gasteiger partial charge in [0.25, 0.3) is 0 Å². The first kappa shape index (κ1) is 11.0. The lowest BCUT2D eigenvalue weighted by Crippen LogP contribution is -1.89. The summed E-state index contributed by atoms with van der Waals surface area (Å²) in [7, 11) is 0. The average molecular weight is 258 g/mol. The van der Waals surface area contributed by atoms with E-state index in [2.05, 4.69) is 9.98 Å². The first-order chi connectivity index (χ1) is 8.66. The summed E-state index contributed by atoms with van der Waals surface area (Å²) in [4.78, 5) is 18.2. The molecule has 0 saturated heterocycles. The predicted molar refractivity (Wildman–Crippen MR) is 73.7 cm³/mol. The molecule has 0 saturated carbocycles. The third-order valence-electron chi connectivity index (χ3n) is 2.90. The Balaban J connectivity index is 2.21. The number of para-hydroxylation sites is 1. The van der Waals surface area contributed by atoms with Gasteiger partial charge in [0.1, 0.15) is 0 Å². The molecule has 0 fully saturated rings. The maximum Gasteiger partial charge on any atom is 0.307 e. The van der Waals surface area contributed by atoms with Crippen LogP contribution in [0.3, 0.4) is 0 Å². The van der Waals surface area contributed by atoms with E-state index in [-0.39, 0.29) is 10.8 Å². The molecular weight excluding hydrogens is 248 g/mol. The Kier molecular flexibility index (Phi) is 2.41. The van der Waals surface area contributed by atoms with Crippen molar-refractivity contribution in [2.75, 3.05) is 0 Å². The molecule has 2 aromatic rings. The minimum atomic E-state index is -0.259. The lowest BCUT2D eigenvalue weighted by atomic mass is 10.0. The van der Waals surface area contributed by atoms with Gasteiger partial charge < -0.3 is 5.11 Å². The zero-order valence-corrected chi connectivity index (χ0v) is 10.4. The molecule has 90 valence electrons. The van der Waals surface area contributed by atoms with E-state index in [9.17, 15) is 9.90 Å². The summed E-state index contributed by atoms with van der Waals surface area (Å²) in [5.41, 5.74) is 3.73. The van der Waals surface area contributed by atoms with E-state index >= 15 is 0 Å². The summed E-state index contributed by atoms with van der Waals surface area (Å²) < 4.78 is 0. The average Bonchev–Trinajstić information content (AvgIpc) is 2.92. The van der Waals surface area contributed by atoms with Crippen LogP contribution in [0, 0.1) is 0 Å². The molecule has 1 aromatic heterocycles. The van der Waals surface area contributed by atoms with Gasteiger partial charge in [0, 0.05) is 17.4 Å². The van der Waals surface area contributed by atoms with Crippen molar-refractivity contribution < 1.29 is 5.11 Å². The van der Waals surface area contributed by atoms with Gasteiger partial charge in [-0.15, -0.1) is 0 Å². The van der Waals surface area contributed by atoms with Crippen molar-refractivity contribution in [3.63, 3.8) is 0 Å². The second-order valence-corrected chi connectivity index (χ2v) is 4.99. The highest BCUT2D eigenvalue weighted by Gasteiger charge is 2.18. The number of aliphatic imine (C=N–C) groups is 1. The van der Waals surface area contributed by atoms with Crippen LogP contribution in [-0.2, 0) is 0 Å². The molecular formula is C13H10N2O2S. The van der Waals surface area contributed by atoms with Gasteiger partial charge in [-0.1, -0.05) is 29.5 Å². The second kappa shape index (κ2) is 3.96. The van der Waals surface area contributed by atoms with E-state index in [1.807, 2.05) is 31.2 Å². The summed E-state index contributed by atoms with van der Waals surface area (Å²) in [5.74, 6) is -0.0761. The number of allylic oxidation sites excluding steroid dienone is 2. The molecule has 0 aliphatic carbocycles. The fraction of sp³-hybridized carbons (Fsp3) is 0.0769. The Hall–Kier alpha value is -2.14. The predicted octanol–water partition coefficient (Wildman–Crippen LogP) is 2.79. The second-order valence-electron chi connectivity index (χ2n) is 4.01. The molecule has 1 aliphatic heterocycles. The number of hydrogen-bond donors (Lipinski definition) is 2. The van der Waals surface area contributed by atoms with Crippen LogP contribution in [0.1, 0.15) is 17.4 Å². The lowest BCUT2D eigenvalue weighted by molar-refractivity contribution is 0.454. The molecule has 5 heteroatoms. The monoisotopic (exact) mass is 258 g/mol. The third-order valence-corrected chi connectivity index (χ3v) is 3.89. The molecule has 0 spiro atoms. The quantitative estimate of drug-likeness (QED) is 0.826. The van der Waals surface area contributed by atoms with Crippen molar-refractivity contribution in [2.45, 2.75) is 6.92 Å². The summed E-state index contributed by atoms with van der Waals surface area (Å²) in [6.07, 6.45) is 1.77. The van der Waals surface area contributed by atoms with E-state index in [0.717, 1.165) is 33.7 Å². The summed E-state index contributed by atoms with van der Waals surface area (Å²) in [6.45, 7) is 1.88. The van der Waals surface area contributed by atoms with E-state index in [4.69, 9.17) is 0 Å². The Bertz CT molecular complexity index is 737. The van der Waals surface area contributed by atoms with E-state index < -0.39 is 0 Å². The number of aromatic nitrogens is 1. The van der Waals surface area contributed by atoms with Crippen LogP contribution in [0.5, 0.6) is 5.88 Å². The van der Waals surface area contributed by atoms with Gasteiger partial charge >= 0.3 is 4.87 Å². The summed E-state index contributed by atoms with van der Waals surface area (Å²) in [5, 5.41) is 9.69. The van der Waals surface area contributed by atoms with Crippen molar-refractivity contribution in [1.29, 1.82) is 0 Å². The summed E-state index contributed by atoms with van der Waals surface area (Å²) >= 11 is 1.00. The number of fused-ring (bicyclic) bond motifs is 1. The minimum Gasteiger partial charge on any atom is -0.493 e. The number of rotatable bonds is 1. The third kappa shape index (κ3) is 1.60. The number of H-pyrrole nitrogens is 1. The molecule has 1 aromatic carbocycles. The lowest BCUT2D eigenvalue weighted by Gasteiger charge is -2.04. The SMILES string of the molecule is CC(=C1C=Nc2ccccc21)c1sc(=O)[nH]c1O. The molecule has 0 radical (unpaired) electrons. The molecule has 0 bridgehead atoms. The Labute approximate surface area is 107 Å². The van der Waals surface area contributed by atoms with Crippen LogP contribution in [0.15, 0.2) is 34.1 Å². The first-order valence-corrected chi connectivity index (χ1v) is 6.25. The Morgan fingerprint density at radius 3 is 2.89 bits per heavy atom. The maximum atomic E-state index is 11.2. The van der Waals surface area contributed by atoms with Crippen LogP contribution in [0.4, 0.5) is 5.69 Å². The zero-order valence-electron chi connectivity index (χ0n) is 9.60. The van der Waals surface area contributed by atoms with Crippen LogP contribution in [0.2, 0.25) is 0 Å². The van der Waals surface area contributed by atoms with Crippen LogP contribution in [-0.4, -0.2) is 16.3 Å². The maximum absolute atomic E-state index is 11.2. The number of thiazole rings is 1. The van der Waals surface area contributed by atoms with Crippen molar-refractivity contribution in [3.8, 4) is 5.88 Å². The number of aromatic hydroxyl groups is 1. The topological polar surface area (TPSA) is 65.5 Å². The normalized spacial score (nSPS) is 15.8. The fourth-order valence-corrected chi connectivity index (χ4v) is 2.76. The molecule has 2 heterocycles. The fourth-order valence-electron chi connectivity index (χ4n) is 2.01. The molecule has 0 unspecified atom stereocenters. The van der Waals surface area contributed by atoms with E-state index in [1.54, 1.807) is 6.21 Å². The van der Waals surface area contributed by atoms with E-state index in [1.165, 1.54) is 0 Å². The van der Waals surface area contributed by atoms with Crippen LogP contribution in [0.25, 0.3) is 11.1 Å². The van der Waals surface area contributed by atoms with Crippen molar-refractivity contribution >= 4 is 34.4 Å². The molecule has 0 atom stereocenters. The van der Waals surface area contributed by atoms with Gasteiger partial charge in [-0.05, 0) is 18.6 Å². The van der Waals surface area contributed by atoms with Crippen LogP contribution < -0.4 is 4.87 Å². The smallest absolute Gasteiger partial charge is 0.307 e. The van der Waals surface area contributed by atoms with Crippen molar-refractivity contribution in [1.82, 2.24) is 4.98 Å². The standard InChI is InChI=1S/C13H10N2O2S/c1-7(11-12(16)15-13(17)18-11)9-6-14-10-5-3-2-4-8(9)10/h2-6,16H,1H3,(H,15,17). The number of hydrogen-bond acceptors (Lipinski definition) is 4. The molecule has 0 amide bonds. The highest BCUT2D eigenvalue weighted by atomic mass is 32.1. The number of nitrogens with one attached hydrogen (secondary N) is 1. The number of nitrogens with zero attached hydrogens (tertiary/aromatic N) is 1. The zero-order chi connectivity index (χ0) is 12.7. The van der Waals surface area contributed by atoms with Gasteiger partial charge in [0.05, 0.1) is 10.6 Å². The van der Waals surface area contributed by atoms with Gasteiger partial charge in [0.2, 0.25) is 5.88 Å². The summed E-state index contributed by atoms with van der Waals surface area (Å²) in [6, 6.07) is 7.79. The molecule has 4 nitrogen and oxygen atoms in total. The van der Waals surface area contributed by atoms with Gasteiger partial charge in [0.15, 0.2) is 0 Å². The number of benzene rings is 1. The Morgan fingerprint density at radius 2 is 2.17 bits per heavy atom. The van der Waals surface area contributed by atoms with E-state index in [0.29, 0.717) is 4.88 Å². The first-order valence-electron chi connectivity index (χ1n) is 5.43. The highest BCUT2D eigenvalue weighted by Crippen LogP contribution is 2.38. The highest BCUT2D eigenvalue weighted by molar-refractivity contribution is 7.10. The van der Waals surface area contributed by atoms with Gasteiger partial charge in [-0.25, -0.2) is 0 Å².